The van der Waals surface area contributed by atoms with E-state index in [4.69, 9.17) is 0 Å². The third-order valence-corrected chi connectivity index (χ3v) is 4.11. The summed E-state index contributed by atoms with van der Waals surface area (Å²) >= 11 is 0. The topological polar surface area (TPSA) is 41.0 Å². The lowest BCUT2D eigenvalue weighted by Crippen LogP contribution is -2.43. The molecule has 0 radical (unpaired) electrons. The maximum Gasteiger partial charge on any atom is 0.132 e. The van der Waals surface area contributed by atoms with Crippen molar-refractivity contribution in [1.82, 2.24) is 15.3 Å². The number of aryl methyl sites for hydroxylation is 2. The van der Waals surface area contributed by atoms with Gasteiger partial charge in [0.15, 0.2) is 0 Å². The zero-order chi connectivity index (χ0) is 13.2. The number of hydrogen-bond donors (Lipinski definition) is 1. The van der Waals surface area contributed by atoms with Crippen molar-refractivity contribution in [2.24, 2.45) is 0 Å². The van der Waals surface area contributed by atoms with Gasteiger partial charge in [0.2, 0.25) is 0 Å². The Morgan fingerprint density at radius 2 is 1.84 bits per heavy atom. The lowest BCUT2D eigenvalue weighted by Gasteiger charge is -2.33. The Morgan fingerprint density at radius 1 is 1.16 bits per heavy atom. The first-order chi connectivity index (χ1) is 9.24. The van der Waals surface area contributed by atoms with Gasteiger partial charge < -0.3 is 10.2 Å². The van der Waals surface area contributed by atoms with E-state index in [1.165, 1.54) is 25.7 Å². The van der Waals surface area contributed by atoms with Crippen molar-refractivity contribution in [2.45, 2.75) is 58.0 Å². The lowest BCUT2D eigenvalue weighted by molar-refractivity contribution is 0.411. The minimum atomic E-state index is 0.720. The van der Waals surface area contributed by atoms with Crippen LogP contribution < -0.4 is 10.2 Å². The maximum absolute atomic E-state index is 4.60. The van der Waals surface area contributed by atoms with Gasteiger partial charge in [0.05, 0.1) is 0 Å². The van der Waals surface area contributed by atoms with E-state index in [0.29, 0.717) is 0 Å². The summed E-state index contributed by atoms with van der Waals surface area (Å²) in [4.78, 5) is 11.5. The summed E-state index contributed by atoms with van der Waals surface area (Å²) in [6.07, 6.45) is 6.22. The first-order valence-corrected chi connectivity index (χ1v) is 7.60. The molecular formula is C15H24N4. The minimum Gasteiger partial charge on any atom is -0.356 e. The molecule has 3 rings (SSSR count). The molecule has 0 spiro atoms. The number of anilines is 1. The molecule has 2 fully saturated rings. The van der Waals surface area contributed by atoms with Gasteiger partial charge in [-0.2, -0.15) is 0 Å². The van der Waals surface area contributed by atoms with Gasteiger partial charge in [-0.05, 0) is 39.0 Å². The van der Waals surface area contributed by atoms with Crippen LogP contribution >= 0.6 is 0 Å². The predicted molar refractivity (Wildman–Crippen MR) is 77.5 cm³/mol. The third-order valence-electron chi connectivity index (χ3n) is 4.11. The molecule has 0 bridgehead atoms. The van der Waals surface area contributed by atoms with Crippen LogP contribution in [0.3, 0.4) is 0 Å². The molecule has 1 aliphatic carbocycles. The molecular weight excluding hydrogens is 236 g/mol. The fourth-order valence-corrected chi connectivity index (χ4v) is 2.81. The Labute approximate surface area is 115 Å². The van der Waals surface area contributed by atoms with Crippen LogP contribution in [0.2, 0.25) is 0 Å². The Morgan fingerprint density at radius 3 is 2.47 bits per heavy atom. The summed E-state index contributed by atoms with van der Waals surface area (Å²) < 4.78 is 0. The van der Waals surface area contributed by atoms with Crippen LogP contribution in [-0.2, 0) is 6.42 Å². The van der Waals surface area contributed by atoms with Crippen LogP contribution in [0.1, 0.15) is 44.1 Å². The molecule has 1 aromatic rings. The highest BCUT2D eigenvalue weighted by atomic mass is 15.2. The highest BCUT2D eigenvalue weighted by Gasteiger charge is 2.27. The fraction of sp³-hybridized carbons (Fsp3) is 0.733. The third kappa shape index (κ3) is 3.24. The van der Waals surface area contributed by atoms with E-state index in [1.807, 2.05) is 6.92 Å². The summed E-state index contributed by atoms with van der Waals surface area (Å²) in [5.74, 6) is 2.02. The van der Waals surface area contributed by atoms with E-state index in [1.54, 1.807) is 0 Å². The molecule has 0 amide bonds. The monoisotopic (exact) mass is 260 g/mol. The van der Waals surface area contributed by atoms with Gasteiger partial charge in [0.1, 0.15) is 11.6 Å². The molecule has 2 heterocycles. The Bertz CT molecular complexity index is 434. The number of hydrogen-bond acceptors (Lipinski definition) is 4. The average Bonchev–Trinajstić information content (AvgIpc) is 3.23. The summed E-state index contributed by atoms with van der Waals surface area (Å²) in [5.41, 5.74) is 1.15. The van der Waals surface area contributed by atoms with Gasteiger partial charge in [-0.25, -0.2) is 9.97 Å². The van der Waals surface area contributed by atoms with Crippen molar-refractivity contribution in [1.29, 1.82) is 0 Å². The predicted octanol–water partition coefficient (Wildman–Crippen LogP) is 2.07. The minimum absolute atomic E-state index is 0.720. The molecule has 0 atom stereocenters. The van der Waals surface area contributed by atoms with Crippen LogP contribution in [-0.4, -0.2) is 35.1 Å². The average molecular weight is 260 g/mol. The highest BCUT2D eigenvalue weighted by Crippen LogP contribution is 2.24. The van der Waals surface area contributed by atoms with Crippen LogP contribution in [0.5, 0.6) is 0 Å². The number of nitrogens with one attached hydrogen (secondary N) is 1. The van der Waals surface area contributed by atoms with Crippen molar-refractivity contribution in [2.75, 3.05) is 18.0 Å². The van der Waals surface area contributed by atoms with Gasteiger partial charge in [0, 0.05) is 36.9 Å². The SMILES string of the molecule is CCc1cc(N2CCC(NC3CC3)CC2)nc(C)n1. The second kappa shape index (κ2) is 5.45. The molecule has 1 saturated carbocycles. The van der Waals surface area contributed by atoms with Crippen molar-refractivity contribution in [3.63, 3.8) is 0 Å². The molecule has 1 N–H and O–H groups in total. The van der Waals surface area contributed by atoms with Crippen molar-refractivity contribution in [3.8, 4) is 0 Å². The summed E-state index contributed by atoms with van der Waals surface area (Å²) in [6, 6.07) is 3.70. The van der Waals surface area contributed by atoms with Gasteiger partial charge in [0.25, 0.3) is 0 Å². The first kappa shape index (κ1) is 12.9. The number of nitrogens with zero attached hydrogens (tertiary/aromatic N) is 3. The zero-order valence-corrected chi connectivity index (χ0v) is 12.0. The van der Waals surface area contributed by atoms with Gasteiger partial charge in [-0.1, -0.05) is 6.92 Å². The summed E-state index contributed by atoms with van der Waals surface area (Å²) in [7, 11) is 0. The van der Waals surface area contributed by atoms with Crippen molar-refractivity contribution >= 4 is 5.82 Å². The first-order valence-electron chi connectivity index (χ1n) is 7.60. The Kier molecular flexibility index (Phi) is 3.69. The largest absolute Gasteiger partial charge is 0.356 e. The van der Waals surface area contributed by atoms with Crippen LogP contribution in [0.4, 0.5) is 5.82 Å². The van der Waals surface area contributed by atoms with Gasteiger partial charge >= 0.3 is 0 Å². The smallest absolute Gasteiger partial charge is 0.132 e. The molecule has 1 aromatic heterocycles. The Balaban J connectivity index is 1.62. The second-order valence-electron chi connectivity index (χ2n) is 5.82. The normalized spacial score (nSPS) is 20.8. The Hall–Kier alpha value is -1.16. The summed E-state index contributed by atoms with van der Waals surface area (Å²) in [5, 5.41) is 3.74. The zero-order valence-electron chi connectivity index (χ0n) is 12.0. The van der Waals surface area contributed by atoms with Crippen LogP contribution in [0.25, 0.3) is 0 Å². The number of rotatable bonds is 4. The van der Waals surface area contributed by atoms with Gasteiger partial charge in [-0.3, -0.25) is 0 Å². The molecule has 2 aliphatic rings. The molecule has 0 aromatic carbocycles. The molecule has 19 heavy (non-hydrogen) atoms. The van der Waals surface area contributed by atoms with E-state index in [2.05, 4.69) is 33.2 Å². The molecule has 4 nitrogen and oxygen atoms in total. The quantitative estimate of drug-likeness (QED) is 0.900. The number of piperidine rings is 1. The fourth-order valence-electron chi connectivity index (χ4n) is 2.81. The molecule has 1 saturated heterocycles. The molecule has 4 heteroatoms. The second-order valence-corrected chi connectivity index (χ2v) is 5.82. The van der Waals surface area contributed by atoms with E-state index in [9.17, 15) is 0 Å². The van der Waals surface area contributed by atoms with Crippen LogP contribution in [0.15, 0.2) is 6.07 Å². The molecule has 1 aliphatic heterocycles. The van der Waals surface area contributed by atoms with E-state index in [-0.39, 0.29) is 0 Å². The van der Waals surface area contributed by atoms with Crippen LogP contribution in [0, 0.1) is 6.92 Å². The lowest BCUT2D eigenvalue weighted by atomic mass is 10.0. The standard InChI is InChI=1S/C15H24N4/c1-3-12-10-15(17-11(2)16-12)19-8-6-14(7-9-19)18-13-4-5-13/h10,13-14,18H,3-9H2,1-2H3. The molecule has 0 unspecified atom stereocenters. The van der Waals surface area contributed by atoms with E-state index < -0.39 is 0 Å². The maximum atomic E-state index is 4.60. The summed E-state index contributed by atoms with van der Waals surface area (Å²) in [6.45, 7) is 6.37. The van der Waals surface area contributed by atoms with Crippen molar-refractivity contribution < 1.29 is 0 Å². The number of aromatic nitrogens is 2. The van der Waals surface area contributed by atoms with E-state index >= 15 is 0 Å². The highest BCUT2D eigenvalue weighted by molar-refractivity contribution is 5.40. The van der Waals surface area contributed by atoms with Crippen molar-refractivity contribution in [3.05, 3.63) is 17.6 Å². The van der Waals surface area contributed by atoms with Gasteiger partial charge in [-0.15, -0.1) is 0 Å². The molecule has 104 valence electrons. The van der Waals surface area contributed by atoms with E-state index in [0.717, 1.165) is 48.9 Å².